The monoisotopic (exact) mass is 407 g/mol. The molecule has 1 N–H and O–H groups in total. The third-order valence-corrected chi connectivity index (χ3v) is 5.71. The Hall–Kier alpha value is -3.32. The maximum Gasteiger partial charge on any atom is 0.260 e. The van der Waals surface area contributed by atoms with Crippen LogP contribution in [0.15, 0.2) is 65.7 Å². The van der Waals surface area contributed by atoms with E-state index in [1.165, 1.54) is 28.0 Å². The molecule has 4 rings (SSSR count). The highest BCUT2D eigenvalue weighted by molar-refractivity contribution is 7.19. The molecule has 0 fully saturated rings. The van der Waals surface area contributed by atoms with E-state index < -0.39 is 0 Å². The van der Waals surface area contributed by atoms with Crippen LogP contribution < -0.4 is 10.9 Å². The van der Waals surface area contributed by atoms with Gasteiger partial charge in [0.05, 0.1) is 29.7 Å². The van der Waals surface area contributed by atoms with Gasteiger partial charge in [0, 0.05) is 22.0 Å². The van der Waals surface area contributed by atoms with Crippen molar-refractivity contribution in [1.82, 2.24) is 14.9 Å². The summed E-state index contributed by atoms with van der Waals surface area (Å²) < 4.78 is 15.4. The number of fused-ring (bicyclic) bond motifs is 1. The Labute approximate surface area is 170 Å². The number of nitrogens with zero attached hydrogens (tertiary/aromatic N) is 2. The molecule has 146 valence electrons. The van der Waals surface area contributed by atoms with E-state index in [9.17, 15) is 14.0 Å². The Morgan fingerprint density at radius 1 is 1.17 bits per heavy atom. The van der Waals surface area contributed by atoms with Gasteiger partial charge in [0.2, 0.25) is 0 Å². The van der Waals surface area contributed by atoms with E-state index in [4.69, 9.17) is 0 Å². The molecule has 1 aromatic carbocycles. The van der Waals surface area contributed by atoms with E-state index in [1.54, 1.807) is 24.5 Å². The van der Waals surface area contributed by atoms with Crippen molar-refractivity contribution in [2.45, 2.75) is 20.0 Å². The van der Waals surface area contributed by atoms with Crippen LogP contribution in [-0.4, -0.2) is 15.5 Å². The zero-order valence-corrected chi connectivity index (χ0v) is 16.5. The molecule has 0 aliphatic carbocycles. The first-order valence-electron chi connectivity index (χ1n) is 9.08. The first-order valence-corrected chi connectivity index (χ1v) is 9.89. The van der Waals surface area contributed by atoms with E-state index in [1.807, 2.05) is 31.2 Å². The lowest BCUT2D eigenvalue weighted by Crippen LogP contribution is -2.26. The zero-order chi connectivity index (χ0) is 20.4. The second-order valence-electron chi connectivity index (χ2n) is 6.65. The second-order valence-corrected chi connectivity index (χ2v) is 7.91. The van der Waals surface area contributed by atoms with E-state index in [0.29, 0.717) is 17.5 Å². The highest BCUT2D eigenvalue weighted by Gasteiger charge is 2.20. The van der Waals surface area contributed by atoms with Crippen LogP contribution in [0.4, 0.5) is 4.39 Å². The van der Waals surface area contributed by atoms with Crippen molar-refractivity contribution in [3.05, 3.63) is 98.8 Å². The molecule has 3 aromatic heterocycles. The molecule has 3 heterocycles. The summed E-state index contributed by atoms with van der Waals surface area (Å²) in [5.41, 5.74) is 1.71. The quantitative estimate of drug-likeness (QED) is 0.546. The Morgan fingerprint density at radius 2 is 1.97 bits per heavy atom. The molecule has 0 aliphatic heterocycles. The van der Waals surface area contributed by atoms with Gasteiger partial charge in [-0.2, -0.15) is 0 Å². The Balaban J connectivity index is 1.66. The van der Waals surface area contributed by atoms with E-state index >= 15 is 0 Å². The van der Waals surface area contributed by atoms with Gasteiger partial charge in [-0.15, -0.1) is 11.3 Å². The van der Waals surface area contributed by atoms with Crippen LogP contribution in [0.25, 0.3) is 10.1 Å². The molecular weight excluding hydrogens is 389 g/mol. The first kappa shape index (κ1) is 19.0. The predicted molar refractivity (Wildman–Crippen MR) is 112 cm³/mol. The molecule has 1 amide bonds. The second kappa shape index (κ2) is 7.97. The molecular formula is C22H18FN3O2S. The molecule has 0 saturated carbocycles. The van der Waals surface area contributed by atoms with Gasteiger partial charge in [0.25, 0.3) is 11.5 Å². The number of rotatable bonds is 5. The number of benzene rings is 1. The van der Waals surface area contributed by atoms with Crippen LogP contribution in [0.3, 0.4) is 0 Å². The summed E-state index contributed by atoms with van der Waals surface area (Å²) in [7, 11) is 0. The smallest absolute Gasteiger partial charge is 0.260 e. The number of hydrogen-bond donors (Lipinski definition) is 1. The predicted octanol–water partition coefficient (Wildman–Crippen LogP) is 3.88. The highest BCUT2D eigenvalue weighted by atomic mass is 32.1. The minimum Gasteiger partial charge on any atom is -0.346 e. The lowest BCUT2D eigenvalue weighted by Gasteiger charge is -2.08. The number of nitrogens with one attached hydrogen (secondary N) is 1. The van der Waals surface area contributed by atoms with Crippen LogP contribution in [-0.2, 0) is 13.1 Å². The molecule has 0 spiro atoms. The molecule has 0 atom stereocenters. The van der Waals surface area contributed by atoms with Crippen LogP contribution >= 0.6 is 11.3 Å². The summed E-state index contributed by atoms with van der Waals surface area (Å²) in [6.45, 7) is 2.43. The number of amides is 1. The van der Waals surface area contributed by atoms with Crippen LogP contribution in [0.2, 0.25) is 0 Å². The largest absolute Gasteiger partial charge is 0.346 e. The average molecular weight is 407 g/mol. The summed E-state index contributed by atoms with van der Waals surface area (Å²) in [6, 6.07) is 13.4. The summed E-state index contributed by atoms with van der Waals surface area (Å²) in [5, 5.41) is 3.26. The lowest BCUT2D eigenvalue weighted by molar-refractivity contribution is 0.0952. The van der Waals surface area contributed by atoms with Gasteiger partial charge >= 0.3 is 0 Å². The Morgan fingerprint density at radius 3 is 2.69 bits per heavy atom. The van der Waals surface area contributed by atoms with E-state index in [2.05, 4.69) is 10.3 Å². The van der Waals surface area contributed by atoms with Crippen molar-refractivity contribution in [3.63, 3.8) is 0 Å². The van der Waals surface area contributed by atoms with Crippen molar-refractivity contribution in [3.8, 4) is 0 Å². The molecule has 0 unspecified atom stereocenters. The molecule has 0 saturated heterocycles. The highest BCUT2D eigenvalue weighted by Crippen LogP contribution is 2.28. The number of thiophene rings is 1. The van der Waals surface area contributed by atoms with Crippen molar-refractivity contribution in [1.29, 1.82) is 0 Å². The number of carbonyl (C=O) groups is 1. The molecule has 0 radical (unpaired) electrons. The normalized spacial score (nSPS) is 11.0. The number of carbonyl (C=O) groups excluding carboxylic acids is 1. The number of halogens is 1. The van der Waals surface area contributed by atoms with Crippen molar-refractivity contribution < 1.29 is 9.18 Å². The minimum atomic E-state index is -0.322. The van der Waals surface area contributed by atoms with Crippen LogP contribution in [0.1, 0.15) is 26.5 Å². The van der Waals surface area contributed by atoms with Crippen molar-refractivity contribution in [2.75, 3.05) is 0 Å². The average Bonchev–Trinajstić information content (AvgIpc) is 3.07. The maximum atomic E-state index is 13.1. The number of aryl methyl sites for hydroxylation is 1. The number of hydrogen-bond acceptors (Lipinski definition) is 4. The fraction of sp³-hybridized carbons (Fsp3) is 0.136. The van der Waals surface area contributed by atoms with Crippen LogP contribution in [0, 0.1) is 12.7 Å². The molecule has 5 nitrogen and oxygen atoms in total. The minimum absolute atomic E-state index is 0.237. The van der Waals surface area contributed by atoms with Gasteiger partial charge < -0.3 is 9.88 Å². The van der Waals surface area contributed by atoms with Crippen LogP contribution in [0.5, 0.6) is 0 Å². The van der Waals surface area contributed by atoms with Gasteiger partial charge in [-0.05, 0) is 42.8 Å². The summed E-state index contributed by atoms with van der Waals surface area (Å²) >= 11 is 1.42. The van der Waals surface area contributed by atoms with Crippen molar-refractivity contribution >= 4 is 27.3 Å². The molecule has 29 heavy (non-hydrogen) atoms. The standard InChI is InChI=1S/C22H18FN3O2S/c1-14-19(21(27)25-12-17-4-2-3-10-24-17)20-18(29-14)9-11-26(22(20)28)13-15-5-7-16(23)8-6-15/h2-11H,12-13H2,1H3,(H,25,27). The maximum absolute atomic E-state index is 13.1. The molecule has 0 aliphatic rings. The van der Waals surface area contributed by atoms with E-state index in [0.717, 1.165) is 20.8 Å². The number of aromatic nitrogens is 2. The summed E-state index contributed by atoms with van der Waals surface area (Å²) in [6.07, 6.45) is 3.38. The van der Waals surface area contributed by atoms with Gasteiger partial charge in [0.1, 0.15) is 5.82 Å². The Bertz CT molecular complexity index is 1230. The summed E-state index contributed by atoms with van der Waals surface area (Å²) in [4.78, 5) is 31.0. The molecule has 4 aromatic rings. The lowest BCUT2D eigenvalue weighted by atomic mass is 10.1. The third kappa shape index (κ3) is 3.95. The SMILES string of the molecule is Cc1sc2ccn(Cc3ccc(F)cc3)c(=O)c2c1C(=O)NCc1ccccn1. The van der Waals surface area contributed by atoms with Crippen molar-refractivity contribution in [2.24, 2.45) is 0 Å². The summed E-state index contributed by atoms with van der Waals surface area (Å²) in [5.74, 6) is -0.618. The molecule has 7 heteroatoms. The van der Waals surface area contributed by atoms with Gasteiger partial charge in [0.15, 0.2) is 0 Å². The van der Waals surface area contributed by atoms with Gasteiger partial charge in [-0.25, -0.2) is 4.39 Å². The van der Waals surface area contributed by atoms with Gasteiger partial charge in [-0.1, -0.05) is 18.2 Å². The van der Waals surface area contributed by atoms with E-state index in [-0.39, 0.29) is 23.8 Å². The number of pyridine rings is 2. The third-order valence-electron chi connectivity index (χ3n) is 4.64. The van der Waals surface area contributed by atoms with Gasteiger partial charge in [-0.3, -0.25) is 14.6 Å². The molecule has 0 bridgehead atoms. The fourth-order valence-electron chi connectivity index (χ4n) is 3.21. The first-order chi connectivity index (χ1) is 14.0. The topological polar surface area (TPSA) is 64.0 Å². The zero-order valence-electron chi connectivity index (χ0n) is 15.7. The Kier molecular flexibility index (Phi) is 5.22. The fourth-order valence-corrected chi connectivity index (χ4v) is 4.26.